The van der Waals surface area contributed by atoms with Crippen LogP contribution in [0.5, 0.6) is 0 Å². The van der Waals surface area contributed by atoms with Gasteiger partial charge < -0.3 is 39.5 Å². The molecular weight excluding hydrogens is 1280 g/mol. The van der Waals surface area contributed by atoms with E-state index in [-0.39, 0.29) is 33.8 Å². The zero-order valence-electron chi connectivity index (χ0n) is 43.4. The van der Waals surface area contributed by atoms with E-state index < -0.39 is 173 Å². The zero-order valence-corrected chi connectivity index (χ0v) is 44.9. The minimum atomic E-state index is -2.63. The van der Waals surface area contributed by atoms with E-state index in [2.05, 4.69) is 9.47 Å². The summed E-state index contributed by atoms with van der Waals surface area (Å²) in [5.41, 5.74) is -17.9. The molecule has 0 aromatic heterocycles. The van der Waals surface area contributed by atoms with Gasteiger partial charge in [-0.2, -0.15) is 0 Å². The summed E-state index contributed by atoms with van der Waals surface area (Å²) in [6, 6.07) is 0. The van der Waals surface area contributed by atoms with Crippen molar-refractivity contribution < 1.29 is 141 Å². The van der Waals surface area contributed by atoms with Crippen molar-refractivity contribution in [1.29, 1.82) is 0 Å². The average Bonchev–Trinajstić information content (AvgIpc) is 3.35. The van der Waals surface area contributed by atoms with E-state index in [1.807, 2.05) is 0 Å². The van der Waals surface area contributed by atoms with E-state index in [0.717, 1.165) is 27.7 Å². The van der Waals surface area contributed by atoms with Crippen LogP contribution in [0.25, 0.3) is 0 Å². The van der Waals surface area contributed by atoms with Crippen LogP contribution in [-0.4, -0.2) is 205 Å². The molecule has 0 rings (SSSR count). The third-order valence-corrected chi connectivity index (χ3v) is 8.76. The maximum absolute atomic E-state index is 10.6. The molecule has 0 aliphatic carbocycles. The molecule has 0 aliphatic rings. The first-order chi connectivity index (χ1) is 36.7. The second-order valence-electron chi connectivity index (χ2n) is 15.5. The molecule has 485 valence electrons. The summed E-state index contributed by atoms with van der Waals surface area (Å²) in [6.45, 7) is -0.327. The summed E-state index contributed by atoms with van der Waals surface area (Å²) in [5, 5.41) is 192. The summed E-state index contributed by atoms with van der Waals surface area (Å²) < 4.78 is 18.5. The number of rotatable bonds is 30. The maximum Gasteiger partial charge on any atom is 0.478 e. The van der Waals surface area contributed by atoms with Crippen molar-refractivity contribution in [2.75, 3.05) is 59.6 Å². The molecule has 0 atom stereocenters. The number of nitro groups is 15. The van der Waals surface area contributed by atoms with Crippen LogP contribution in [0.3, 0.4) is 0 Å². The minimum absolute atomic E-state index is 0. The Morgan fingerprint density at radius 1 is 0.337 bits per heavy atom. The van der Waals surface area contributed by atoms with E-state index in [1.165, 1.54) is 6.92 Å². The van der Waals surface area contributed by atoms with Gasteiger partial charge in [-0.25, -0.2) is 0 Å². The second kappa shape index (κ2) is 39.9. The average molecular weight is 1330 g/mol. The Kier molecular flexibility index (Phi) is 43.4. The van der Waals surface area contributed by atoms with Crippen molar-refractivity contribution in [3.05, 3.63) is 162 Å². The minimum Gasteiger partial charge on any atom is -0.382 e. The molecule has 1 radical (unpaired) electrons. The molecule has 0 saturated carbocycles. The van der Waals surface area contributed by atoms with Gasteiger partial charge in [0.2, 0.25) is 6.54 Å². The fourth-order valence-corrected chi connectivity index (χ4v) is 2.36. The van der Waals surface area contributed by atoms with Crippen molar-refractivity contribution in [3.63, 3.8) is 0 Å². The van der Waals surface area contributed by atoms with Crippen LogP contribution in [0.4, 0.5) is 0 Å². The van der Waals surface area contributed by atoms with Crippen LogP contribution in [0, 0.1) is 162 Å². The molecule has 0 saturated heterocycles. The van der Waals surface area contributed by atoms with Gasteiger partial charge in [0.25, 0.3) is 5.09 Å². The van der Waals surface area contributed by atoms with Crippen LogP contribution < -0.4 is 0 Å². The van der Waals surface area contributed by atoms with Gasteiger partial charge in [0.15, 0.2) is 52.5 Å². The summed E-state index contributed by atoms with van der Waals surface area (Å²) in [6.07, 6.45) is -1.36. The van der Waals surface area contributed by atoms with Gasteiger partial charge >= 0.3 is 39.6 Å². The Morgan fingerprint density at radius 3 is 0.566 bits per heavy atom. The predicted molar refractivity (Wildman–Crippen MR) is 242 cm³/mol. The molecule has 0 aromatic rings. The van der Waals surface area contributed by atoms with Gasteiger partial charge in [-0.1, -0.05) is 0 Å². The van der Waals surface area contributed by atoms with Crippen molar-refractivity contribution in [2.45, 2.75) is 108 Å². The molecule has 0 bridgehead atoms. The number of hydrogen-bond acceptors (Lipinski definition) is 39. The fraction of sp³-hybridized carbons (Fsp3) is 1.00. The SMILES string of the molecule is CC(CO)([N+](=O)[O-])[N+](=O)[O-].CC(CO)([N+](=O)[O-])[N+](=O)[O-].CC(CO)([N+](=O)[O-])[N+](=O)[O-].CC(COCOCC(C)([N+](=O)[O-])[N+](=O)[O-])([N+](=O)[O-])[N+](=O)[O-].CC(OCC(C)([N+](=O)[O-])[N+](=O)[O-])OCC(C)([N+](=O)[O-])[N+](=O)[O-].CC[N+](=O)[O-].O=[N+]([O-])O.[Ag]. The molecular formula is C26H50AgN16O40. The van der Waals surface area contributed by atoms with Gasteiger partial charge in [0.05, 0.1) is 48.5 Å². The molecule has 0 fully saturated rings. The number of nitrogens with zero attached hydrogens (tertiary/aromatic N) is 16. The van der Waals surface area contributed by atoms with Gasteiger partial charge in [-0.3, -0.25) is 152 Å². The molecule has 57 heteroatoms. The fourth-order valence-electron chi connectivity index (χ4n) is 2.36. The van der Waals surface area contributed by atoms with Crippen molar-refractivity contribution in [2.24, 2.45) is 0 Å². The Hall–Kier alpha value is -9.34. The third-order valence-electron chi connectivity index (χ3n) is 8.76. The third kappa shape index (κ3) is 31.3. The van der Waals surface area contributed by atoms with Gasteiger partial charge in [0.1, 0.15) is 75.7 Å². The number of ether oxygens (including phenoxy) is 4. The summed E-state index contributed by atoms with van der Waals surface area (Å²) in [4.78, 5) is 145. The predicted octanol–water partition coefficient (Wildman–Crippen LogP) is -2.90. The van der Waals surface area contributed by atoms with Crippen LogP contribution >= 0.6 is 0 Å². The largest absolute Gasteiger partial charge is 0.478 e. The van der Waals surface area contributed by atoms with Gasteiger partial charge in [0, 0.05) is 34.2 Å². The summed E-state index contributed by atoms with van der Waals surface area (Å²) in [7, 11) is 0. The molecule has 0 spiro atoms. The molecule has 0 aliphatic heterocycles. The van der Waals surface area contributed by atoms with Crippen molar-refractivity contribution in [1.82, 2.24) is 0 Å². The van der Waals surface area contributed by atoms with E-state index in [4.69, 9.17) is 40.1 Å². The van der Waals surface area contributed by atoms with Gasteiger partial charge in [-0.15, -0.1) is 10.1 Å². The molecule has 0 unspecified atom stereocenters. The van der Waals surface area contributed by atoms with E-state index in [9.17, 15) is 152 Å². The first-order valence-corrected chi connectivity index (χ1v) is 19.9. The molecule has 56 nitrogen and oxygen atoms in total. The Balaban J connectivity index is -0.000000141. The van der Waals surface area contributed by atoms with Crippen molar-refractivity contribution >= 4 is 0 Å². The first kappa shape index (κ1) is 90.2. The number of hydrogen-bond donors (Lipinski definition) is 4. The van der Waals surface area contributed by atoms with Gasteiger partial charge in [-0.05, 0) is 6.92 Å². The monoisotopic (exact) mass is 1330 g/mol. The molecule has 83 heavy (non-hydrogen) atoms. The van der Waals surface area contributed by atoms with Crippen LogP contribution in [0.15, 0.2) is 0 Å². The standard InChI is InChI=1S/C8H14N4O10.C7H12N4O10.3C3H6N2O5.C2H5NO2.Ag.HNO3/c1-6(21-4-7(2,9(13)14)10(15)16)22-5-8(3,11(17)18)12(19)20;1-6(8(12)13,9(14)15)3-20-5-21-4-7(2,10(16)17)11(18)19;3*1-3(2-6,4(7)8)5(9)10;1-2-3(4)5;;2-1(3)4/h6H,4-5H2,1-3H3;3-5H2,1-2H3;3*6H,2H2,1H3;2H2,1H3;;(H,2,3,4). The van der Waals surface area contributed by atoms with E-state index >= 15 is 0 Å². The summed E-state index contributed by atoms with van der Waals surface area (Å²) in [5.74, 6) is 0. The first-order valence-electron chi connectivity index (χ1n) is 19.9. The Labute approximate surface area is 470 Å². The molecule has 0 heterocycles. The molecule has 4 N–H and O–H groups in total. The molecule has 0 amide bonds. The zero-order chi connectivity index (χ0) is 67.5. The Bertz CT molecular complexity index is 2020. The quantitative estimate of drug-likeness (QED) is 0.0184. The van der Waals surface area contributed by atoms with Crippen LogP contribution in [0.2, 0.25) is 0 Å². The normalized spacial score (nSPS) is 11.0. The molecule has 0 aromatic carbocycles. The van der Waals surface area contributed by atoms with E-state index in [0.29, 0.717) is 27.7 Å². The number of aliphatic hydroxyl groups is 3. The smallest absolute Gasteiger partial charge is 0.382 e. The maximum atomic E-state index is 10.6. The van der Waals surface area contributed by atoms with Crippen molar-refractivity contribution in [3.8, 4) is 0 Å². The topological polar surface area (TPSA) is 808 Å². The summed E-state index contributed by atoms with van der Waals surface area (Å²) >= 11 is 0. The van der Waals surface area contributed by atoms with Crippen LogP contribution in [-0.2, 0) is 41.3 Å². The van der Waals surface area contributed by atoms with E-state index in [1.54, 1.807) is 0 Å². The van der Waals surface area contributed by atoms with Crippen LogP contribution in [0.1, 0.15) is 62.3 Å². The number of aliphatic hydroxyl groups excluding tert-OH is 3. The Morgan fingerprint density at radius 2 is 0.470 bits per heavy atom. The second-order valence-corrected chi connectivity index (χ2v) is 15.5.